The fourth-order valence-corrected chi connectivity index (χ4v) is 4.50. The van der Waals surface area contributed by atoms with Crippen LogP contribution in [0.25, 0.3) is 0 Å². The molecule has 0 aromatic heterocycles. The largest absolute Gasteiger partial charge is 0.357 e. The van der Waals surface area contributed by atoms with Crippen molar-refractivity contribution in [3.8, 4) is 0 Å². The lowest BCUT2D eigenvalue weighted by atomic mass is 10.1. The SMILES string of the molecule is CNC(=O)[C@H](C)N(Cc1ccccc1Cl)C(=O)CCCN(c1ccc(Cl)cc1)S(C)(=O)=O. The Morgan fingerprint density at radius 2 is 1.69 bits per heavy atom. The van der Waals surface area contributed by atoms with Crippen molar-refractivity contribution in [2.75, 3.05) is 24.2 Å². The van der Waals surface area contributed by atoms with Crippen LogP contribution in [0, 0.1) is 0 Å². The number of halogens is 2. The van der Waals surface area contributed by atoms with Crippen LogP contribution in [0.15, 0.2) is 48.5 Å². The molecule has 2 aromatic rings. The molecule has 10 heteroatoms. The van der Waals surface area contributed by atoms with Gasteiger partial charge in [0.25, 0.3) is 0 Å². The third-order valence-corrected chi connectivity index (χ3v) is 6.79. The highest BCUT2D eigenvalue weighted by atomic mass is 35.5. The average Bonchev–Trinajstić information content (AvgIpc) is 2.75. The first kappa shape index (κ1) is 26.0. The van der Waals surface area contributed by atoms with Gasteiger partial charge in [-0.15, -0.1) is 0 Å². The summed E-state index contributed by atoms with van der Waals surface area (Å²) >= 11 is 12.1. The number of sulfonamides is 1. The molecule has 1 N–H and O–H groups in total. The minimum Gasteiger partial charge on any atom is -0.357 e. The number of amides is 2. The molecule has 0 saturated carbocycles. The summed E-state index contributed by atoms with van der Waals surface area (Å²) in [6.07, 6.45) is 1.44. The highest BCUT2D eigenvalue weighted by Crippen LogP contribution is 2.22. The number of hydrogen-bond donors (Lipinski definition) is 1. The van der Waals surface area contributed by atoms with Gasteiger partial charge in [0.05, 0.1) is 11.9 Å². The van der Waals surface area contributed by atoms with Crippen molar-refractivity contribution in [2.24, 2.45) is 0 Å². The molecule has 7 nitrogen and oxygen atoms in total. The van der Waals surface area contributed by atoms with Crippen LogP contribution in [0.2, 0.25) is 10.0 Å². The average molecular weight is 500 g/mol. The lowest BCUT2D eigenvalue weighted by molar-refractivity contribution is -0.140. The molecule has 0 saturated heterocycles. The highest BCUT2D eigenvalue weighted by molar-refractivity contribution is 7.92. The van der Waals surface area contributed by atoms with E-state index in [1.54, 1.807) is 49.4 Å². The fraction of sp³-hybridized carbons (Fsp3) is 0.364. The number of carbonyl (C=O) groups excluding carboxylic acids is 2. The quantitative estimate of drug-likeness (QED) is 0.539. The molecule has 1 atom stereocenters. The van der Waals surface area contributed by atoms with Crippen molar-refractivity contribution in [1.29, 1.82) is 0 Å². The Balaban J connectivity index is 2.14. The molecule has 0 bridgehead atoms. The van der Waals surface area contributed by atoms with Crippen molar-refractivity contribution in [3.05, 3.63) is 64.1 Å². The maximum absolute atomic E-state index is 13.1. The zero-order valence-corrected chi connectivity index (χ0v) is 20.5. The summed E-state index contributed by atoms with van der Waals surface area (Å²) in [5, 5.41) is 3.55. The Kier molecular flexibility index (Phi) is 9.36. The third kappa shape index (κ3) is 7.12. The molecule has 2 rings (SSSR count). The minimum atomic E-state index is -3.55. The van der Waals surface area contributed by atoms with E-state index >= 15 is 0 Å². The number of benzene rings is 2. The first-order valence-electron chi connectivity index (χ1n) is 10.0. The molecule has 174 valence electrons. The second kappa shape index (κ2) is 11.5. The van der Waals surface area contributed by atoms with Gasteiger partial charge in [-0.2, -0.15) is 0 Å². The third-order valence-electron chi connectivity index (χ3n) is 4.98. The van der Waals surface area contributed by atoms with Crippen molar-refractivity contribution < 1.29 is 18.0 Å². The van der Waals surface area contributed by atoms with Gasteiger partial charge in [-0.3, -0.25) is 13.9 Å². The van der Waals surface area contributed by atoms with Gasteiger partial charge < -0.3 is 10.2 Å². The number of hydrogen-bond acceptors (Lipinski definition) is 4. The zero-order valence-electron chi connectivity index (χ0n) is 18.2. The van der Waals surface area contributed by atoms with Gasteiger partial charge in [-0.25, -0.2) is 8.42 Å². The van der Waals surface area contributed by atoms with Gasteiger partial charge in [-0.05, 0) is 49.2 Å². The molecular formula is C22H27Cl2N3O4S. The van der Waals surface area contributed by atoms with E-state index < -0.39 is 16.1 Å². The lowest BCUT2D eigenvalue weighted by Gasteiger charge is -2.29. The van der Waals surface area contributed by atoms with E-state index in [2.05, 4.69) is 5.32 Å². The summed E-state index contributed by atoms with van der Waals surface area (Å²) in [6, 6.07) is 12.8. The van der Waals surface area contributed by atoms with E-state index in [9.17, 15) is 18.0 Å². The number of likely N-dealkylation sites (N-methyl/N-ethyl adjacent to an activating group) is 1. The topological polar surface area (TPSA) is 86.8 Å². The molecule has 32 heavy (non-hydrogen) atoms. The Hall–Kier alpha value is -2.29. The van der Waals surface area contributed by atoms with Crippen LogP contribution in [0.3, 0.4) is 0 Å². The lowest BCUT2D eigenvalue weighted by Crippen LogP contribution is -2.46. The number of nitrogens with one attached hydrogen (secondary N) is 1. The van der Waals surface area contributed by atoms with Crippen LogP contribution < -0.4 is 9.62 Å². The Morgan fingerprint density at radius 3 is 2.25 bits per heavy atom. The summed E-state index contributed by atoms with van der Waals surface area (Å²) in [6.45, 7) is 1.92. The molecule has 2 aromatic carbocycles. The summed E-state index contributed by atoms with van der Waals surface area (Å²) in [7, 11) is -2.05. The minimum absolute atomic E-state index is 0.0609. The van der Waals surface area contributed by atoms with Gasteiger partial charge in [0, 0.05) is 36.6 Å². The fourth-order valence-electron chi connectivity index (χ4n) is 3.21. The van der Waals surface area contributed by atoms with E-state index in [0.717, 1.165) is 11.8 Å². The smallest absolute Gasteiger partial charge is 0.242 e. The van der Waals surface area contributed by atoms with Crippen LogP contribution >= 0.6 is 23.2 Å². The van der Waals surface area contributed by atoms with Crippen molar-refractivity contribution >= 4 is 50.7 Å². The molecule has 0 heterocycles. The van der Waals surface area contributed by atoms with E-state index in [-0.39, 0.29) is 37.7 Å². The molecule has 0 aliphatic rings. The Bertz CT molecular complexity index is 1050. The van der Waals surface area contributed by atoms with E-state index in [0.29, 0.717) is 15.7 Å². The molecule has 0 fully saturated rings. The molecule has 0 aliphatic heterocycles. The predicted octanol–water partition coefficient (Wildman–Crippen LogP) is 3.70. The molecular weight excluding hydrogens is 473 g/mol. The van der Waals surface area contributed by atoms with E-state index in [4.69, 9.17) is 23.2 Å². The van der Waals surface area contributed by atoms with Gasteiger partial charge in [0.2, 0.25) is 21.8 Å². The monoisotopic (exact) mass is 499 g/mol. The summed E-state index contributed by atoms with van der Waals surface area (Å²) in [5.41, 5.74) is 1.19. The predicted molar refractivity (Wildman–Crippen MR) is 128 cm³/mol. The molecule has 0 radical (unpaired) electrons. The van der Waals surface area contributed by atoms with Crippen LogP contribution in [-0.4, -0.2) is 51.0 Å². The maximum Gasteiger partial charge on any atom is 0.242 e. The Labute approximate surface area is 199 Å². The molecule has 0 aliphatic carbocycles. The summed E-state index contributed by atoms with van der Waals surface area (Å²) in [5.74, 6) is -0.574. The number of nitrogens with zero attached hydrogens (tertiary/aromatic N) is 2. The van der Waals surface area contributed by atoms with Crippen LogP contribution in [0.4, 0.5) is 5.69 Å². The Morgan fingerprint density at radius 1 is 1.06 bits per heavy atom. The molecule has 0 spiro atoms. The number of carbonyl (C=O) groups is 2. The van der Waals surface area contributed by atoms with Gasteiger partial charge in [-0.1, -0.05) is 41.4 Å². The summed E-state index contributed by atoms with van der Waals surface area (Å²) < 4.78 is 25.8. The normalized spacial score (nSPS) is 12.2. The van der Waals surface area contributed by atoms with Crippen LogP contribution in [-0.2, 0) is 26.2 Å². The second-order valence-electron chi connectivity index (χ2n) is 7.32. The zero-order chi connectivity index (χ0) is 23.9. The second-order valence-corrected chi connectivity index (χ2v) is 10.1. The molecule has 2 amide bonds. The molecule has 0 unspecified atom stereocenters. The first-order valence-corrected chi connectivity index (χ1v) is 12.6. The highest BCUT2D eigenvalue weighted by Gasteiger charge is 2.26. The van der Waals surface area contributed by atoms with E-state index in [1.165, 1.54) is 16.3 Å². The van der Waals surface area contributed by atoms with Crippen LogP contribution in [0.5, 0.6) is 0 Å². The summed E-state index contributed by atoms with van der Waals surface area (Å²) in [4.78, 5) is 26.7. The first-order chi connectivity index (χ1) is 15.0. The van der Waals surface area contributed by atoms with Crippen molar-refractivity contribution in [1.82, 2.24) is 10.2 Å². The van der Waals surface area contributed by atoms with E-state index in [1.807, 2.05) is 6.07 Å². The van der Waals surface area contributed by atoms with Gasteiger partial charge in [0.15, 0.2) is 0 Å². The number of anilines is 1. The number of rotatable bonds is 10. The van der Waals surface area contributed by atoms with Gasteiger partial charge in [0.1, 0.15) is 6.04 Å². The maximum atomic E-state index is 13.1. The van der Waals surface area contributed by atoms with Crippen molar-refractivity contribution in [2.45, 2.75) is 32.4 Å². The van der Waals surface area contributed by atoms with Gasteiger partial charge >= 0.3 is 0 Å². The van der Waals surface area contributed by atoms with Crippen molar-refractivity contribution in [3.63, 3.8) is 0 Å². The standard InChI is InChI=1S/C22H27Cl2N3O4S/c1-16(22(29)25-2)26(15-17-7-4-5-8-20(17)24)21(28)9-6-14-27(32(3,30)31)19-12-10-18(23)11-13-19/h4-5,7-8,10-13,16H,6,9,14-15H2,1-3H3,(H,25,29)/t16-/m0/s1. The van der Waals surface area contributed by atoms with Crippen LogP contribution in [0.1, 0.15) is 25.3 Å².